The maximum Gasteiger partial charge on any atom is 0.409 e. The number of sulfonamides is 1. The molecule has 0 bridgehead atoms. The summed E-state index contributed by atoms with van der Waals surface area (Å²) in [7, 11) is -3.80. The molecule has 3 rings (SSSR count). The quantitative estimate of drug-likeness (QED) is 0.703. The standard InChI is InChI=1S/C19H26BrN3O5S/c1-4-28-19(25)22-7-5-15(6-8-22)21-29(26,27)18-11-17-14(10-16(18)20)9-12(2)23(17)13(3)24/h10-12,15,21H,4-9H2,1-3H3/t12-/m1/s1. The summed E-state index contributed by atoms with van der Waals surface area (Å²) >= 11 is 3.38. The lowest BCUT2D eigenvalue weighted by Gasteiger charge is -2.31. The molecule has 2 aliphatic heterocycles. The normalized spacial score (nSPS) is 19.9. The molecule has 10 heteroatoms. The van der Waals surface area contributed by atoms with Crippen LogP contribution in [0.25, 0.3) is 0 Å². The van der Waals surface area contributed by atoms with E-state index in [-0.39, 0.29) is 29.0 Å². The number of hydrogen-bond acceptors (Lipinski definition) is 5. The van der Waals surface area contributed by atoms with Crippen molar-refractivity contribution in [3.05, 3.63) is 22.2 Å². The average molecular weight is 488 g/mol. The molecule has 160 valence electrons. The van der Waals surface area contributed by atoms with Gasteiger partial charge in [0, 0.05) is 42.3 Å². The smallest absolute Gasteiger partial charge is 0.409 e. The van der Waals surface area contributed by atoms with E-state index in [2.05, 4.69) is 20.7 Å². The molecule has 1 N–H and O–H groups in total. The van der Waals surface area contributed by atoms with Gasteiger partial charge in [-0.3, -0.25) is 4.79 Å². The number of nitrogens with one attached hydrogen (secondary N) is 1. The Morgan fingerprint density at radius 1 is 1.28 bits per heavy atom. The predicted octanol–water partition coefficient (Wildman–Crippen LogP) is 2.65. The topological polar surface area (TPSA) is 96.0 Å². The van der Waals surface area contributed by atoms with Crippen molar-refractivity contribution in [2.24, 2.45) is 0 Å². The van der Waals surface area contributed by atoms with Crippen LogP contribution in [0.3, 0.4) is 0 Å². The Morgan fingerprint density at radius 2 is 1.93 bits per heavy atom. The first-order chi connectivity index (χ1) is 13.6. The number of hydrogen-bond donors (Lipinski definition) is 1. The van der Waals surface area contributed by atoms with Gasteiger partial charge in [-0.15, -0.1) is 0 Å². The van der Waals surface area contributed by atoms with Crippen molar-refractivity contribution in [1.82, 2.24) is 9.62 Å². The van der Waals surface area contributed by atoms with Crippen LogP contribution in [0.2, 0.25) is 0 Å². The number of halogens is 1. The first-order valence-electron chi connectivity index (χ1n) is 9.70. The zero-order valence-electron chi connectivity index (χ0n) is 16.8. The first-order valence-corrected chi connectivity index (χ1v) is 12.0. The molecule has 8 nitrogen and oxygen atoms in total. The van der Waals surface area contributed by atoms with Crippen LogP contribution in [-0.2, 0) is 26.0 Å². The fraction of sp³-hybridized carbons (Fsp3) is 0.579. The zero-order valence-corrected chi connectivity index (χ0v) is 19.2. The average Bonchev–Trinajstić information content (AvgIpc) is 2.96. The Balaban J connectivity index is 1.76. The van der Waals surface area contributed by atoms with E-state index in [1.54, 1.807) is 28.9 Å². The molecular weight excluding hydrogens is 462 g/mol. The van der Waals surface area contributed by atoms with Gasteiger partial charge in [0.2, 0.25) is 15.9 Å². The van der Waals surface area contributed by atoms with Gasteiger partial charge in [0.1, 0.15) is 0 Å². The molecule has 2 heterocycles. The fourth-order valence-corrected chi connectivity index (χ4v) is 6.40. The van der Waals surface area contributed by atoms with Crippen molar-refractivity contribution in [2.45, 2.75) is 57.0 Å². The number of carbonyl (C=O) groups excluding carboxylic acids is 2. The third-order valence-electron chi connectivity index (χ3n) is 5.32. The maximum atomic E-state index is 13.0. The summed E-state index contributed by atoms with van der Waals surface area (Å²) in [4.78, 5) is 27.2. The highest BCUT2D eigenvalue weighted by molar-refractivity contribution is 9.10. The molecule has 29 heavy (non-hydrogen) atoms. The van der Waals surface area contributed by atoms with Crippen molar-refractivity contribution in [3.63, 3.8) is 0 Å². The minimum Gasteiger partial charge on any atom is -0.450 e. The summed E-state index contributed by atoms with van der Waals surface area (Å²) in [5, 5.41) is 0. The summed E-state index contributed by atoms with van der Waals surface area (Å²) in [6.07, 6.45) is 1.34. The van der Waals surface area contributed by atoms with Gasteiger partial charge in [0.05, 0.1) is 11.5 Å². The summed E-state index contributed by atoms with van der Waals surface area (Å²) in [6.45, 7) is 6.37. The molecule has 1 aromatic rings. The van der Waals surface area contributed by atoms with Crippen molar-refractivity contribution in [3.8, 4) is 0 Å². The van der Waals surface area contributed by atoms with Crippen LogP contribution in [0, 0.1) is 0 Å². The van der Waals surface area contributed by atoms with Crippen LogP contribution in [0.1, 0.15) is 39.2 Å². The van der Waals surface area contributed by atoms with Gasteiger partial charge in [0.15, 0.2) is 0 Å². The van der Waals surface area contributed by atoms with E-state index in [1.165, 1.54) is 6.92 Å². The van der Waals surface area contributed by atoms with Gasteiger partial charge in [-0.1, -0.05) is 0 Å². The Morgan fingerprint density at radius 3 is 2.52 bits per heavy atom. The molecule has 0 unspecified atom stereocenters. The minimum absolute atomic E-state index is 0.00693. The highest BCUT2D eigenvalue weighted by Gasteiger charge is 2.33. The molecule has 2 aliphatic rings. The molecule has 0 radical (unpaired) electrons. The Bertz CT molecular complexity index is 913. The monoisotopic (exact) mass is 487 g/mol. The molecule has 2 amide bonds. The number of amides is 2. The highest BCUT2D eigenvalue weighted by atomic mass is 79.9. The van der Waals surface area contributed by atoms with E-state index in [1.807, 2.05) is 6.92 Å². The first kappa shape index (κ1) is 22.0. The van der Waals surface area contributed by atoms with Crippen molar-refractivity contribution in [1.29, 1.82) is 0 Å². The number of benzene rings is 1. The predicted molar refractivity (Wildman–Crippen MR) is 112 cm³/mol. The molecule has 0 aromatic heterocycles. The van der Waals surface area contributed by atoms with Gasteiger partial charge in [0.25, 0.3) is 0 Å². The highest BCUT2D eigenvalue weighted by Crippen LogP contribution is 2.38. The molecule has 1 saturated heterocycles. The lowest BCUT2D eigenvalue weighted by molar-refractivity contribution is -0.116. The molecular formula is C19H26BrN3O5S. The van der Waals surface area contributed by atoms with Crippen LogP contribution in [0.5, 0.6) is 0 Å². The number of fused-ring (bicyclic) bond motifs is 1. The number of carbonyl (C=O) groups is 2. The van der Waals surface area contributed by atoms with Crippen LogP contribution in [0.4, 0.5) is 10.5 Å². The van der Waals surface area contributed by atoms with E-state index in [4.69, 9.17) is 4.74 Å². The lowest BCUT2D eigenvalue weighted by Crippen LogP contribution is -2.46. The number of rotatable bonds is 4. The molecule has 0 saturated carbocycles. The summed E-state index contributed by atoms with van der Waals surface area (Å²) in [6, 6.07) is 3.08. The summed E-state index contributed by atoms with van der Waals surface area (Å²) in [5.74, 6) is -0.110. The van der Waals surface area contributed by atoms with E-state index in [9.17, 15) is 18.0 Å². The third-order valence-corrected chi connectivity index (χ3v) is 7.80. The second-order valence-corrected chi connectivity index (χ2v) is 9.97. The molecule has 1 atom stereocenters. The minimum atomic E-state index is -3.80. The van der Waals surface area contributed by atoms with E-state index in [0.717, 1.165) is 5.56 Å². The van der Waals surface area contributed by atoms with Crippen molar-refractivity contribution >= 4 is 43.6 Å². The van der Waals surface area contributed by atoms with Crippen LogP contribution in [0.15, 0.2) is 21.5 Å². The Kier molecular flexibility index (Phi) is 6.54. The summed E-state index contributed by atoms with van der Waals surface area (Å²) < 4.78 is 34.3. The van der Waals surface area contributed by atoms with Crippen LogP contribution >= 0.6 is 15.9 Å². The van der Waals surface area contributed by atoms with Crippen LogP contribution < -0.4 is 9.62 Å². The Hall–Kier alpha value is -1.65. The molecule has 0 spiro atoms. The third kappa shape index (κ3) is 4.59. The second-order valence-electron chi connectivity index (χ2n) is 7.44. The van der Waals surface area contributed by atoms with Gasteiger partial charge in [-0.2, -0.15) is 0 Å². The lowest BCUT2D eigenvalue weighted by atomic mass is 10.1. The van der Waals surface area contributed by atoms with Gasteiger partial charge in [-0.25, -0.2) is 17.9 Å². The SMILES string of the molecule is CCOC(=O)N1CCC(NS(=O)(=O)c2cc3c(cc2Br)C[C@@H](C)N3C(C)=O)CC1. The molecule has 1 aromatic carbocycles. The van der Waals surface area contributed by atoms with E-state index in [0.29, 0.717) is 49.1 Å². The zero-order chi connectivity index (χ0) is 21.3. The summed E-state index contributed by atoms with van der Waals surface area (Å²) in [5.41, 5.74) is 1.59. The molecule has 1 fully saturated rings. The van der Waals surface area contributed by atoms with Crippen LogP contribution in [-0.4, -0.2) is 57.1 Å². The fourth-order valence-electron chi connectivity index (χ4n) is 3.98. The number of piperidine rings is 1. The molecule has 0 aliphatic carbocycles. The van der Waals surface area contributed by atoms with E-state index < -0.39 is 10.0 Å². The maximum absolute atomic E-state index is 13.0. The van der Waals surface area contributed by atoms with Gasteiger partial charge >= 0.3 is 6.09 Å². The van der Waals surface area contributed by atoms with E-state index >= 15 is 0 Å². The van der Waals surface area contributed by atoms with Crippen molar-refractivity contribution < 1.29 is 22.7 Å². The number of ether oxygens (including phenoxy) is 1. The number of likely N-dealkylation sites (tertiary alicyclic amines) is 1. The number of anilines is 1. The largest absolute Gasteiger partial charge is 0.450 e. The number of nitrogens with zero attached hydrogens (tertiary/aromatic N) is 2. The second kappa shape index (κ2) is 8.61. The Labute approximate surface area is 179 Å². The van der Waals surface area contributed by atoms with Crippen molar-refractivity contribution in [2.75, 3.05) is 24.6 Å². The van der Waals surface area contributed by atoms with Gasteiger partial charge < -0.3 is 14.5 Å². The van der Waals surface area contributed by atoms with Gasteiger partial charge in [-0.05, 0) is 66.7 Å².